The van der Waals surface area contributed by atoms with Gasteiger partial charge in [0, 0.05) is 29.8 Å². The molecular formula is C17H27BrN2O. The minimum Gasteiger partial charge on any atom is -0.375 e. The maximum absolute atomic E-state index is 5.79. The number of hydrogen-bond donors (Lipinski definition) is 1. The summed E-state index contributed by atoms with van der Waals surface area (Å²) in [7, 11) is 0. The third kappa shape index (κ3) is 4.97. The molecule has 1 N–H and O–H groups in total. The van der Waals surface area contributed by atoms with Crippen molar-refractivity contribution in [3.8, 4) is 0 Å². The molecule has 0 amide bonds. The highest BCUT2D eigenvalue weighted by Crippen LogP contribution is 2.26. The van der Waals surface area contributed by atoms with Crippen molar-refractivity contribution in [3.05, 3.63) is 28.2 Å². The largest absolute Gasteiger partial charge is 0.375 e. The van der Waals surface area contributed by atoms with E-state index in [0.29, 0.717) is 12.0 Å². The highest BCUT2D eigenvalue weighted by molar-refractivity contribution is 9.10. The topological polar surface area (TPSA) is 24.5 Å². The summed E-state index contributed by atoms with van der Waals surface area (Å²) in [5.74, 6) is 0.675. The van der Waals surface area contributed by atoms with Gasteiger partial charge in [-0.05, 0) is 42.6 Å². The Morgan fingerprint density at radius 1 is 1.43 bits per heavy atom. The summed E-state index contributed by atoms with van der Waals surface area (Å²) in [5, 5.41) is 3.55. The number of benzene rings is 1. The van der Waals surface area contributed by atoms with Gasteiger partial charge >= 0.3 is 0 Å². The van der Waals surface area contributed by atoms with Gasteiger partial charge in [-0.2, -0.15) is 0 Å². The molecular weight excluding hydrogens is 328 g/mol. The summed E-state index contributed by atoms with van der Waals surface area (Å²) >= 11 is 3.60. The summed E-state index contributed by atoms with van der Waals surface area (Å²) in [6.45, 7) is 11.4. The maximum Gasteiger partial charge on any atom is 0.0748 e. The zero-order chi connectivity index (χ0) is 15.2. The Balaban J connectivity index is 2.10. The van der Waals surface area contributed by atoms with E-state index in [0.717, 1.165) is 43.7 Å². The van der Waals surface area contributed by atoms with Crippen molar-refractivity contribution in [2.75, 3.05) is 31.1 Å². The molecule has 1 fully saturated rings. The van der Waals surface area contributed by atoms with Crippen LogP contribution in [0.3, 0.4) is 0 Å². The van der Waals surface area contributed by atoms with Crippen LogP contribution in [0, 0.1) is 5.92 Å². The van der Waals surface area contributed by atoms with E-state index in [2.05, 4.69) is 65.1 Å². The van der Waals surface area contributed by atoms with Crippen LogP contribution in [-0.2, 0) is 11.3 Å². The molecule has 1 atom stereocenters. The molecule has 1 aliphatic rings. The molecule has 0 radical (unpaired) electrons. The van der Waals surface area contributed by atoms with Crippen molar-refractivity contribution in [2.45, 2.75) is 39.8 Å². The van der Waals surface area contributed by atoms with Crippen LogP contribution in [0.4, 0.5) is 5.69 Å². The average molecular weight is 355 g/mol. The monoisotopic (exact) mass is 354 g/mol. The van der Waals surface area contributed by atoms with Gasteiger partial charge < -0.3 is 15.0 Å². The van der Waals surface area contributed by atoms with Gasteiger partial charge in [-0.1, -0.05) is 36.7 Å². The molecule has 4 heteroatoms. The van der Waals surface area contributed by atoms with Crippen LogP contribution in [0.25, 0.3) is 0 Å². The second kappa shape index (κ2) is 8.16. The van der Waals surface area contributed by atoms with Gasteiger partial charge in [0.15, 0.2) is 0 Å². The van der Waals surface area contributed by atoms with Crippen molar-refractivity contribution in [1.29, 1.82) is 0 Å². The lowest BCUT2D eigenvalue weighted by atomic mass is 10.1. The third-order valence-corrected chi connectivity index (χ3v) is 4.34. The quantitative estimate of drug-likeness (QED) is 0.840. The van der Waals surface area contributed by atoms with E-state index in [9.17, 15) is 0 Å². The summed E-state index contributed by atoms with van der Waals surface area (Å²) in [6.07, 6.45) is 1.44. The van der Waals surface area contributed by atoms with Crippen LogP contribution in [0.1, 0.15) is 32.8 Å². The Bertz CT molecular complexity index is 450. The fraction of sp³-hybridized carbons (Fsp3) is 0.647. The molecule has 1 aliphatic heterocycles. The summed E-state index contributed by atoms with van der Waals surface area (Å²) < 4.78 is 6.93. The van der Waals surface area contributed by atoms with Crippen molar-refractivity contribution in [2.24, 2.45) is 5.92 Å². The SMILES string of the molecule is CCC1CN(c2ccc(Br)cc2CNCC(C)C)CCO1. The van der Waals surface area contributed by atoms with E-state index in [1.54, 1.807) is 0 Å². The highest BCUT2D eigenvalue weighted by Gasteiger charge is 2.21. The second-order valence-corrected chi connectivity index (χ2v) is 7.06. The minimum absolute atomic E-state index is 0.360. The first-order valence-electron chi connectivity index (χ1n) is 7.95. The van der Waals surface area contributed by atoms with Crippen LogP contribution >= 0.6 is 15.9 Å². The molecule has 2 rings (SSSR count). The minimum atomic E-state index is 0.360. The molecule has 1 unspecified atom stereocenters. The summed E-state index contributed by atoms with van der Waals surface area (Å²) in [5.41, 5.74) is 2.71. The predicted molar refractivity (Wildman–Crippen MR) is 92.9 cm³/mol. The summed E-state index contributed by atoms with van der Waals surface area (Å²) in [6, 6.07) is 6.60. The molecule has 21 heavy (non-hydrogen) atoms. The fourth-order valence-corrected chi connectivity index (χ4v) is 3.09. The van der Waals surface area contributed by atoms with Crippen LogP contribution in [-0.4, -0.2) is 32.3 Å². The van der Waals surface area contributed by atoms with Crippen LogP contribution in [0.15, 0.2) is 22.7 Å². The fourth-order valence-electron chi connectivity index (χ4n) is 2.68. The molecule has 1 saturated heterocycles. The van der Waals surface area contributed by atoms with Gasteiger partial charge in [0.05, 0.1) is 12.7 Å². The first kappa shape index (κ1) is 16.8. The summed E-state index contributed by atoms with van der Waals surface area (Å²) in [4.78, 5) is 2.47. The molecule has 0 aliphatic carbocycles. The van der Waals surface area contributed by atoms with Crippen LogP contribution in [0.2, 0.25) is 0 Å². The number of anilines is 1. The maximum atomic E-state index is 5.79. The molecule has 0 bridgehead atoms. The first-order chi connectivity index (χ1) is 10.1. The highest BCUT2D eigenvalue weighted by atomic mass is 79.9. The van der Waals surface area contributed by atoms with E-state index in [1.165, 1.54) is 11.3 Å². The van der Waals surface area contributed by atoms with E-state index in [1.807, 2.05) is 0 Å². The lowest BCUT2D eigenvalue weighted by Crippen LogP contribution is -2.42. The molecule has 3 nitrogen and oxygen atoms in total. The number of ether oxygens (including phenoxy) is 1. The Morgan fingerprint density at radius 2 is 2.24 bits per heavy atom. The van der Waals surface area contributed by atoms with Gasteiger partial charge in [-0.25, -0.2) is 0 Å². The predicted octanol–water partition coefficient (Wildman–Crippen LogP) is 3.81. The molecule has 1 aromatic rings. The number of morpholine rings is 1. The zero-order valence-electron chi connectivity index (χ0n) is 13.4. The number of hydrogen-bond acceptors (Lipinski definition) is 3. The van der Waals surface area contributed by atoms with Crippen LogP contribution in [0.5, 0.6) is 0 Å². The molecule has 1 aromatic carbocycles. The molecule has 0 spiro atoms. The Labute approximate surface area is 137 Å². The average Bonchev–Trinajstić information content (AvgIpc) is 2.47. The Hall–Kier alpha value is -0.580. The van der Waals surface area contributed by atoms with E-state index in [-0.39, 0.29) is 0 Å². The van der Waals surface area contributed by atoms with Gasteiger partial charge in [-0.3, -0.25) is 0 Å². The molecule has 0 aromatic heterocycles. The third-order valence-electron chi connectivity index (χ3n) is 3.84. The van der Waals surface area contributed by atoms with Crippen molar-refractivity contribution in [1.82, 2.24) is 5.32 Å². The number of nitrogens with one attached hydrogen (secondary N) is 1. The number of rotatable bonds is 6. The molecule has 118 valence electrons. The lowest BCUT2D eigenvalue weighted by molar-refractivity contribution is 0.0384. The lowest BCUT2D eigenvalue weighted by Gasteiger charge is -2.35. The standard InChI is InChI=1S/C17H27BrN2O/c1-4-16-12-20(7-8-21-16)17-6-5-15(18)9-14(17)11-19-10-13(2)3/h5-6,9,13,16,19H,4,7-8,10-12H2,1-3H3. The Morgan fingerprint density at radius 3 is 2.95 bits per heavy atom. The second-order valence-electron chi connectivity index (χ2n) is 6.14. The van der Waals surface area contributed by atoms with Gasteiger partial charge in [-0.15, -0.1) is 0 Å². The van der Waals surface area contributed by atoms with Crippen molar-refractivity contribution < 1.29 is 4.74 Å². The zero-order valence-corrected chi connectivity index (χ0v) is 14.9. The van der Waals surface area contributed by atoms with E-state index in [4.69, 9.17) is 4.74 Å². The molecule has 1 heterocycles. The van der Waals surface area contributed by atoms with Gasteiger partial charge in [0.2, 0.25) is 0 Å². The number of halogens is 1. The van der Waals surface area contributed by atoms with Crippen molar-refractivity contribution in [3.63, 3.8) is 0 Å². The number of nitrogens with zero attached hydrogens (tertiary/aromatic N) is 1. The normalized spacial score (nSPS) is 19.3. The van der Waals surface area contributed by atoms with Gasteiger partial charge in [0.25, 0.3) is 0 Å². The Kier molecular flexibility index (Phi) is 6.52. The molecule has 0 saturated carbocycles. The van der Waals surface area contributed by atoms with E-state index < -0.39 is 0 Å². The first-order valence-corrected chi connectivity index (χ1v) is 8.75. The van der Waals surface area contributed by atoms with E-state index >= 15 is 0 Å². The smallest absolute Gasteiger partial charge is 0.0748 e. The van der Waals surface area contributed by atoms with Gasteiger partial charge in [0.1, 0.15) is 0 Å². The van der Waals surface area contributed by atoms with Crippen LogP contribution < -0.4 is 10.2 Å². The van der Waals surface area contributed by atoms with Crippen molar-refractivity contribution >= 4 is 21.6 Å².